The Kier molecular flexibility index (Phi) is 7.07. The molecule has 2 rings (SSSR count). The van der Waals surface area contributed by atoms with Crippen LogP contribution in [-0.4, -0.2) is 50.1 Å². The maximum atomic E-state index is 12.2. The molecule has 0 spiro atoms. The normalized spacial score (nSPS) is 17.7. The van der Waals surface area contributed by atoms with E-state index in [0.29, 0.717) is 19.6 Å². The highest BCUT2D eigenvalue weighted by atomic mass is 19.4. The summed E-state index contributed by atoms with van der Waals surface area (Å²) >= 11 is 0. The Labute approximate surface area is 144 Å². The van der Waals surface area contributed by atoms with Gasteiger partial charge in [-0.2, -0.15) is 0 Å². The number of esters is 1. The number of hydrogen-bond acceptors (Lipinski definition) is 5. The van der Waals surface area contributed by atoms with E-state index in [1.807, 2.05) is 4.90 Å². The maximum Gasteiger partial charge on any atom is 0.573 e. The predicted molar refractivity (Wildman–Crippen MR) is 84.0 cm³/mol. The summed E-state index contributed by atoms with van der Waals surface area (Å²) in [5.41, 5.74) is 0.831. The fourth-order valence-electron chi connectivity index (χ4n) is 2.72. The Morgan fingerprint density at radius 1 is 1.32 bits per heavy atom. The van der Waals surface area contributed by atoms with Crippen LogP contribution in [0.15, 0.2) is 24.3 Å². The number of rotatable bonds is 8. The first kappa shape index (κ1) is 19.5. The molecule has 0 amide bonds. The number of nitrogens with zero attached hydrogens (tertiary/aromatic N) is 1. The highest BCUT2D eigenvalue weighted by Crippen LogP contribution is 2.23. The Morgan fingerprint density at radius 3 is 2.60 bits per heavy atom. The molecule has 0 bridgehead atoms. The second kappa shape index (κ2) is 9.05. The molecule has 1 atom stereocenters. The molecule has 8 heteroatoms. The van der Waals surface area contributed by atoms with Crippen molar-refractivity contribution in [3.63, 3.8) is 0 Å². The van der Waals surface area contributed by atoms with E-state index in [-0.39, 0.29) is 24.2 Å². The second-order valence-electron chi connectivity index (χ2n) is 5.89. The summed E-state index contributed by atoms with van der Waals surface area (Å²) in [5, 5.41) is 0. The van der Waals surface area contributed by atoms with E-state index in [9.17, 15) is 18.0 Å². The zero-order valence-electron chi connectivity index (χ0n) is 14.1. The van der Waals surface area contributed by atoms with Gasteiger partial charge in [-0.3, -0.25) is 9.69 Å². The molecular weight excluding hydrogens is 339 g/mol. The lowest BCUT2D eigenvalue weighted by molar-refractivity contribution is -0.274. The van der Waals surface area contributed by atoms with Gasteiger partial charge in [0.25, 0.3) is 0 Å². The van der Waals surface area contributed by atoms with Crippen molar-refractivity contribution in [3.8, 4) is 5.75 Å². The number of ether oxygens (including phenoxy) is 3. The minimum atomic E-state index is -4.70. The van der Waals surface area contributed by atoms with E-state index >= 15 is 0 Å². The minimum absolute atomic E-state index is 0.116. The van der Waals surface area contributed by atoms with Crippen molar-refractivity contribution < 1.29 is 32.2 Å². The standard InChI is InChI=1S/C17H22F3NO4/c1-23-16(22)8-9-21(12-15-3-2-10-24-15)11-13-4-6-14(7-5-13)25-17(18,19)20/h4-7,15H,2-3,8-12H2,1H3. The third kappa shape index (κ3) is 7.31. The van der Waals surface area contributed by atoms with Crippen molar-refractivity contribution in [2.75, 3.05) is 26.8 Å². The van der Waals surface area contributed by atoms with Crippen molar-refractivity contribution in [1.82, 2.24) is 4.90 Å². The van der Waals surface area contributed by atoms with Gasteiger partial charge in [-0.25, -0.2) is 0 Å². The molecule has 5 nitrogen and oxygen atoms in total. The summed E-state index contributed by atoms with van der Waals surface area (Å²) in [6.45, 7) is 2.40. The van der Waals surface area contributed by atoms with Gasteiger partial charge in [0.1, 0.15) is 5.75 Å². The molecule has 0 aliphatic carbocycles. The van der Waals surface area contributed by atoms with Gasteiger partial charge in [0.05, 0.1) is 19.6 Å². The Morgan fingerprint density at radius 2 is 2.04 bits per heavy atom. The topological polar surface area (TPSA) is 48.0 Å². The molecule has 1 heterocycles. The van der Waals surface area contributed by atoms with Gasteiger partial charge < -0.3 is 14.2 Å². The molecule has 1 saturated heterocycles. The highest BCUT2D eigenvalue weighted by molar-refractivity contribution is 5.69. The van der Waals surface area contributed by atoms with Gasteiger partial charge in [0.15, 0.2) is 0 Å². The van der Waals surface area contributed by atoms with Crippen LogP contribution in [0.2, 0.25) is 0 Å². The quantitative estimate of drug-likeness (QED) is 0.666. The van der Waals surface area contributed by atoms with E-state index in [1.54, 1.807) is 12.1 Å². The first-order valence-electron chi connectivity index (χ1n) is 8.11. The average molecular weight is 361 g/mol. The summed E-state index contributed by atoms with van der Waals surface area (Å²) in [5.74, 6) is -0.553. The third-order valence-electron chi connectivity index (χ3n) is 3.91. The lowest BCUT2D eigenvalue weighted by atomic mass is 10.1. The van der Waals surface area contributed by atoms with Crippen LogP contribution in [0.1, 0.15) is 24.8 Å². The first-order chi connectivity index (χ1) is 11.9. The lowest BCUT2D eigenvalue weighted by Gasteiger charge is -2.25. The minimum Gasteiger partial charge on any atom is -0.469 e. The first-order valence-corrected chi connectivity index (χ1v) is 8.11. The van der Waals surface area contributed by atoms with Gasteiger partial charge in [-0.1, -0.05) is 12.1 Å². The van der Waals surface area contributed by atoms with Crippen molar-refractivity contribution >= 4 is 5.97 Å². The molecule has 0 saturated carbocycles. The van der Waals surface area contributed by atoms with Crippen LogP contribution in [0, 0.1) is 0 Å². The molecular formula is C17H22F3NO4. The molecule has 0 N–H and O–H groups in total. The van der Waals surface area contributed by atoms with E-state index in [0.717, 1.165) is 25.0 Å². The zero-order chi connectivity index (χ0) is 18.3. The van der Waals surface area contributed by atoms with Crippen LogP contribution >= 0.6 is 0 Å². The molecule has 0 radical (unpaired) electrons. The second-order valence-corrected chi connectivity index (χ2v) is 5.89. The molecule has 25 heavy (non-hydrogen) atoms. The molecule has 1 aromatic rings. The SMILES string of the molecule is COC(=O)CCN(Cc1ccc(OC(F)(F)F)cc1)CC1CCCO1. The number of carbonyl (C=O) groups is 1. The maximum absolute atomic E-state index is 12.2. The molecule has 1 aromatic carbocycles. The number of alkyl halides is 3. The molecule has 1 unspecified atom stereocenters. The Bertz CT molecular complexity index is 542. The van der Waals surface area contributed by atoms with Crippen molar-refractivity contribution in [3.05, 3.63) is 29.8 Å². The molecule has 0 aromatic heterocycles. The largest absolute Gasteiger partial charge is 0.573 e. The van der Waals surface area contributed by atoms with Crippen LogP contribution in [0.4, 0.5) is 13.2 Å². The summed E-state index contributed by atoms with van der Waals surface area (Å²) in [4.78, 5) is 13.4. The highest BCUT2D eigenvalue weighted by Gasteiger charge is 2.31. The van der Waals surface area contributed by atoms with Crippen molar-refractivity contribution in [2.24, 2.45) is 0 Å². The van der Waals surface area contributed by atoms with Crippen LogP contribution in [0.3, 0.4) is 0 Å². The molecule has 140 valence electrons. The number of halogens is 3. The van der Waals surface area contributed by atoms with Crippen molar-refractivity contribution in [1.29, 1.82) is 0 Å². The lowest BCUT2D eigenvalue weighted by Crippen LogP contribution is -2.33. The number of carbonyl (C=O) groups excluding carboxylic acids is 1. The molecule has 1 aliphatic heterocycles. The van der Waals surface area contributed by atoms with Crippen LogP contribution < -0.4 is 4.74 Å². The zero-order valence-corrected chi connectivity index (χ0v) is 14.1. The fourth-order valence-corrected chi connectivity index (χ4v) is 2.72. The number of hydrogen-bond donors (Lipinski definition) is 0. The van der Waals surface area contributed by atoms with Gasteiger partial charge in [0, 0.05) is 26.2 Å². The Balaban J connectivity index is 1.95. The summed E-state index contributed by atoms with van der Waals surface area (Å²) in [6.07, 6.45) is -2.36. The Hall–Kier alpha value is -1.80. The predicted octanol–water partition coefficient (Wildman–Crippen LogP) is 3.13. The smallest absolute Gasteiger partial charge is 0.469 e. The van der Waals surface area contributed by atoms with Crippen LogP contribution in [0.5, 0.6) is 5.75 Å². The summed E-state index contributed by atoms with van der Waals surface area (Å²) in [6, 6.07) is 5.74. The van der Waals surface area contributed by atoms with Gasteiger partial charge in [0.2, 0.25) is 0 Å². The summed E-state index contributed by atoms with van der Waals surface area (Å²) < 4.78 is 50.8. The van der Waals surface area contributed by atoms with Gasteiger partial charge in [-0.05, 0) is 30.5 Å². The van der Waals surface area contributed by atoms with Gasteiger partial charge >= 0.3 is 12.3 Å². The number of benzene rings is 1. The van der Waals surface area contributed by atoms with Gasteiger partial charge in [-0.15, -0.1) is 13.2 Å². The van der Waals surface area contributed by atoms with Crippen LogP contribution in [-0.2, 0) is 20.8 Å². The van der Waals surface area contributed by atoms with Crippen molar-refractivity contribution in [2.45, 2.75) is 38.3 Å². The average Bonchev–Trinajstić information content (AvgIpc) is 3.05. The van der Waals surface area contributed by atoms with E-state index in [1.165, 1.54) is 19.2 Å². The number of methoxy groups -OCH3 is 1. The summed E-state index contributed by atoms with van der Waals surface area (Å²) in [7, 11) is 1.34. The van der Waals surface area contributed by atoms with E-state index < -0.39 is 6.36 Å². The van der Waals surface area contributed by atoms with Crippen LogP contribution in [0.25, 0.3) is 0 Å². The van der Waals surface area contributed by atoms with E-state index in [4.69, 9.17) is 4.74 Å². The third-order valence-corrected chi connectivity index (χ3v) is 3.91. The monoisotopic (exact) mass is 361 g/mol. The fraction of sp³-hybridized carbons (Fsp3) is 0.588. The molecule has 1 aliphatic rings. The molecule has 1 fully saturated rings. The van der Waals surface area contributed by atoms with E-state index in [2.05, 4.69) is 9.47 Å².